The standard InChI is InChI=1S/C6H12.C4H8Cl2/c1-2-4-6-5-3-1;5-3-1-2-4-6/h1-6H2;1-4H2. The van der Waals surface area contributed by atoms with E-state index in [9.17, 15) is 0 Å². The molecule has 0 heterocycles. The molecule has 1 aliphatic carbocycles. The van der Waals surface area contributed by atoms with Crippen molar-refractivity contribution in [1.29, 1.82) is 0 Å². The van der Waals surface area contributed by atoms with Crippen molar-refractivity contribution in [3.63, 3.8) is 0 Å². The zero-order chi connectivity index (χ0) is 9.07. The van der Waals surface area contributed by atoms with Gasteiger partial charge in [0.2, 0.25) is 0 Å². The first-order chi connectivity index (χ1) is 5.91. The summed E-state index contributed by atoms with van der Waals surface area (Å²) in [4.78, 5) is 0. The second-order valence-electron chi connectivity index (χ2n) is 3.21. The molecule has 1 saturated carbocycles. The lowest BCUT2D eigenvalue weighted by Gasteiger charge is -2.05. The maximum absolute atomic E-state index is 5.32. The quantitative estimate of drug-likeness (QED) is 0.473. The maximum atomic E-state index is 5.32. The molecule has 0 spiro atoms. The summed E-state index contributed by atoms with van der Waals surface area (Å²) in [7, 11) is 0. The molecule has 2 heteroatoms. The van der Waals surface area contributed by atoms with Gasteiger partial charge in [0.05, 0.1) is 0 Å². The van der Waals surface area contributed by atoms with Crippen LogP contribution in [0.25, 0.3) is 0 Å². The Hall–Kier alpha value is 0.580. The van der Waals surface area contributed by atoms with Gasteiger partial charge in [0, 0.05) is 11.8 Å². The van der Waals surface area contributed by atoms with Gasteiger partial charge in [-0.15, -0.1) is 23.2 Å². The first-order valence-corrected chi connectivity index (χ1v) is 6.10. The van der Waals surface area contributed by atoms with Gasteiger partial charge in [-0.3, -0.25) is 0 Å². The Morgan fingerprint density at radius 2 is 0.833 bits per heavy atom. The van der Waals surface area contributed by atoms with E-state index >= 15 is 0 Å². The van der Waals surface area contributed by atoms with Crippen LogP contribution in [-0.4, -0.2) is 11.8 Å². The number of unbranched alkanes of at least 4 members (excludes halogenated alkanes) is 1. The molecule has 0 bridgehead atoms. The molecule has 1 fully saturated rings. The van der Waals surface area contributed by atoms with E-state index in [4.69, 9.17) is 23.2 Å². The van der Waals surface area contributed by atoms with Crippen molar-refractivity contribution in [3.8, 4) is 0 Å². The minimum Gasteiger partial charge on any atom is -0.127 e. The normalized spacial score (nSPS) is 16.5. The molecule has 0 N–H and O–H groups in total. The summed E-state index contributed by atoms with van der Waals surface area (Å²) in [6, 6.07) is 0. The summed E-state index contributed by atoms with van der Waals surface area (Å²) >= 11 is 10.6. The van der Waals surface area contributed by atoms with Gasteiger partial charge in [0.25, 0.3) is 0 Å². The van der Waals surface area contributed by atoms with Crippen LogP contribution in [0.1, 0.15) is 51.4 Å². The molecule has 0 aliphatic heterocycles. The zero-order valence-electron chi connectivity index (χ0n) is 7.83. The highest BCUT2D eigenvalue weighted by Crippen LogP contribution is 2.15. The smallest absolute Gasteiger partial charge is 0.0223 e. The highest BCUT2D eigenvalue weighted by molar-refractivity contribution is 6.18. The van der Waals surface area contributed by atoms with Crippen LogP contribution >= 0.6 is 23.2 Å². The molecular formula is C10H20Cl2. The lowest BCUT2D eigenvalue weighted by molar-refractivity contribution is 0.504. The fourth-order valence-electron chi connectivity index (χ4n) is 1.25. The van der Waals surface area contributed by atoms with Crippen molar-refractivity contribution >= 4 is 23.2 Å². The van der Waals surface area contributed by atoms with E-state index in [0.29, 0.717) is 0 Å². The molecule has 12 heavy (non-hydrogen) atoms. The van der Waals surface area contributed by atoms with Gasteiger partial charge >= 0.3 is 0 Å². The number of rotatable bonds is 3. The van der Waals surface area contributed by atoms with E-state index in [1.807, 2.05) is 0 Å². The third-order valence-corrected chi connectivity index (χ3v) is 2.55. The van der Waals surface area contributed by atoms with Crippen LogP contribution in [0.4, 0.5) is 0 Å². The fraction of sp³-hybridized carbons (Fsp3) is 1.00. The molecule has 74 valence electrons. The van der Waals surface area contributed by atoms with Gasteiger partial charge in [-0.25, -0.2) is 0 Å². The van der Waals surface area contributed by atoms with Crippen molar-refractivity contribution in [3.05, 3.63) is 0 Å². The molecule has 0 nitrogen and oxygen atoms in total. The summed E-state index contributed by atoms with van der Waals surface area (Å²) in [6.45, 7) is 0. The first-order valence-electron chi connectivity index (χ1n) is 5.03. The van der Waals surface area contributed by atoms with Crippen molar-refractivity contribution in [2.45, 2.75) is 51.4 Å². The van der Waals surface area contributed by atoms with E-state index in [-0.39, 0.29) is 0 Å². The number of hydrogen-bond donors (Lipinski definition) is 0. The van der Waals surface area contributed by atoms with Crippen molar-refractivity contribution in [2.24, 2.45) is 0 Å². The number of alkyl halides is 2. The van der Waals surface area contributed by atoms with Crippen LogP contribution in [0.15, 0.2) is 0 Å². The molecule has 0 aromatic rings. The molecule has 1 rings (SSSR count). The highest BCUT2D eigenvalue weighted by Gasteiger charge is 1.95. The Kier molecular flexibility index (Phi) is 12.1. The highest BCUT2D eigenvalue weighted by atomic mass is 35.5. The maximum Gasteiger partial charge on any atom is 0.0223 e. The molecule has 0 aromatic carbocycles. The van der Waals surface area contributed by atoms with Gasteiger partial charge < -0.3 is 0 Å². The third kappa shape index (κ3) is 10.6. The van der Waals surface area contributed by atoms with Crippen LogP contribution in [0, 0.1) is 0 Å². The Morgan fingerprint density at radius 1 is 0.583 bits per heavy atom. The molecule has 0 amide bonds. The van der Waals surface area contributed by atoms with E-state index in [2.05, 4.69) is 0 Å². The summed E-state index contributed by atoms with van der Waals surface area (Å²) in [5.41, 5.74) is 0. The van der Waals surface area contributed by atoms with Crippen LogP contribution in [0.3, 0.4) is 0 Å². The fourth-order valence-corrected chi connectivity index (χ4v) is 1.63. The van der Waals surface area contributed by atoms with Crippen molar-refractivity contribution < 1.29 is 0 Å². The largest absolute Gasteiger partial charge is 0.127 e. The van der Waals surface area contributed by atoms with Gasteiger partial charge in [-0.2, -0.15) is 0 Å². The summed E-state index contributed by atoms with van der Waals surface area (Å²) in [5, 5.41) is 0. The van der Waals surface area contributed by atoms with Crippen LogP contribution in [0.5, 0.6) is 0 Å². The Balaban J connectivity index is 0.000000202. The Bertz CT molecular complexity index is 54.7. The molecule has 0 unspecified atom stereocenters. The van der Waals surface area contributed by atoms with Crippen molar-refractivity contribution in [2.75, 3.05) is 11.8 Å². The lowest BCUT2D eigenvalue weighted by Crippen LogP contribution is -1.85. The molecule has 0 radical (unpaired) electrons. The monoisotopic (exact) mass is 210 g/mol. The molecule has 0 aromatic heterocycles. The van der Waals surface area contributed by atoms with Crippen LogP contribution < -0.4 is 0 Å². The van der Waals surface area contributed by atoms with Crippen LogP contribution in [-0.2, 0) is 0 Å². The lowest BCUT2D eigenvalue weighted by atomic mass is 10.0. The van der Waals surface area contributed by atoms with Gasteiger partial charge in [0.1, 0.15) is 0 Å². The predicted molar refractivity (Wildman–Crippen MR) is 58.4 cm³/mol. The van der Waals surface area contributed by atoms with Gasteiger partial charge in [-0.05, 0) is 12.8 Å². The summed E-state index contributed by atoms with van der Waals surface area (Å²) < 4.78 is 0. The average Bonchev–Trinajstić information content (AvgIpc) is 2.18. The van der Waals surface area contributed by atoms with Gasteiger partial charge in [0.15, 0.2) is 0 Å². The average molecular weight is 211 g/mol. The molecule has 0 saturated heterocycles. The minimum atomic E-state index is 0.743. The molecule has 0 atom stereocenters. The third-order valence-electron chi connectivity index (χ3n) is 2.02. The number of hydrogen-bond acceptors (Lipinski definition) is 0. The van der Waals surface area contributed by atoms with Crippen molar-refractivity contribution in [1.82, 2.24) is 0 Å². The van der Waals surface area contributed by atoms with Gasteiger partial charge in [-0.1, -0.05) is 38.5 Å². The minimum absolute atomic E-state index is 0.743. The zero-order valence-corrected chi connectivity index (χ0v) is 9.34. The van der Waals surface area contributed by atoms with E-state index in [1.165, 1.54) is 38.5 Å². The molecule has 1 aliphatic rings. The topological polar surface area (TPSA) is 0 Å². The first kappa shape index (κ1) is 12.6. The second kappa shape index (κ2) is 11.6. The summed E-state index contributed by atoms with van der Waals surface area (Å²) in [5.74, 6) is 1.49. The SMILES string of the molecule is C1CCCCC1.ClCCCCCl. The van der Waals surface area contributed by atoms with E-state index < -0.39 is 0 Å². The Labute approximate surface area is 86.6 Å². The Morgan fingerprint density at radius 3 is 1.00 bits per heavy atom. The summed E-state index contributed by atoms with van der Waals surface area (Å²) in [6.07, 6.45) is 11.1. The van der Waals surface area contributed by atoms with E-state index in [0.717, 1.165) is 24.6 Å². The molecular weight excluding hydrogens is 191 g/mol. The van der Waals surface area contributed by atoms with E-state index in [1.54, 1.807) is 0 Å². The second-order valence-corrected chi connectivity index (χ2v) is 3.96. The predicted octanol–water partition coefficient (Wildman–Crippen LogP) is 4.58. The van der Waals surface area contributed by atoms with Crippen LogP contribution in [0.2, 0.25) is 0 Å². The number of halogens is 2.